The molecule has 1 fully saturated rings. The Morgan fingerprint density at radius 1 is 1.00 bits per heavy atom. The molecule has 0 radical (unpaired) electrons. The summed E-state index contributed by atoms with van der Waals surface area (Å²) in [6, 6.07) is 10.7. The number of benzene rings is 2. The molecule has 158 valence electrons. The van der Waals surface area contributed by atoms with Crippen LogP contribution in [0.25, 0.3) is 11.1 Å². The molecule has 0 spiro atoms. The molecule has 1 saturated heterocycles. The molecule has 0 N–H and O–H groups in total. The lowest BCUT2D eigenvalue weighted by molar-refractivity contribution is 0.0970. The topological polar surface area (TPSA) is 89.6 Å². The number of hydrogen-bond acceptors (Lipinski definition) is 5. The van der Waals surface area contributed by atoms with Gasteiger partial charge in [-0.3, -0.25) is 9.36 Å². The Morgan fingerprint density at radius 2 is 1.67 bits per heavy atom. The fourth-order valence-electron chi connectivity index (χ4n) is 3.66. The quantitative estimate of drug-likeness (QED) is 0.555. The molecule has 0 atom stereocenters. The smallest absolute Gasteiger partial charge is 0.408 e. The van der Waals surface area contributed by atoms with Gasteiger partial charge >= 0.3 is 5.76 Å². The highest BCUT2D eigenvalue weighted by molar-refractivity contribution is 7.89. The number of aromatic nitrogens is 1. The number of carbonyl (C=O) groups excluding carboxylic acids is 1. The van der Waals surface area contributed by atoms with E-state index in [2.05, 4.69) is 0 Å². The second-order valence-electron chi connectivity index (χ2n) is 7.33. The number of fused-ring (bicyclic) bond motifs is 1. The minimum atomic E-state index is -3.67. The van der Waals surface area contributed by atoms with Gasteiger partial charge in [0.25, 0.3) is 0 Å². The summed E-state index contributed by atoms with van der Waals surface area (Å²) >= 11 is 5.85. The molecule has 7 nitrogen and oxygen atoms in total. The maximum absolute atomic E-state index is 13.0. The summed E-state index contributed by atoms with van der Waals surface area (Å²) in [5.41, 5.74) is 0.929. The average Bonchev–Trinajstić information content (AvgIpc) is 2.90. The molecule has 0 amide bonds. The normalized spacial score (nSPS) is 15.9. The molecule has 0 saturated carbocycles. The van der Waals surface area contributed by atoms with Gasteiger partial charge in [-0.05, 0) is 49.2 Å². The van der Waals surface area contributed by atoms with Crippen molar-refractivity contribution in [1.82, 2.24) is 8.87 Å². The van der Waals surface area contributed by atoms with Crippen LogP contribution in [0.2, 0.25) is 5.02 Å². The van der Waals surface area contributed by atoms with Gasteiger partial charge in [0.15, 0.2) is 11.4 Å². The second kappa shape index (κ2) is 8.37. The molecule has 1 aromatic heterocycles. The van der Waals surface area contributed by atoms with Crippen molar-refractivity contribution in [3.63, 3.8) is 0 Å². The van der Waals surface area contributed by atoms with Crippen molar-refractivity contribution < 1.29 is 17.6 Å². The molecule has 9 heteroatoms. The van der Waals surface area contributed by atoms with E-state index in [9.17, 15) is 18.0 Å². The first-order valence-electron chi connectivity index (χ1n) is 9.78. The Hall–Kier alpha value is -2.42. The highest BCUT2D eigenvalue weighted by Crippen LogP contribution is 2.24. The Morgan fingerprint density at radius 3 is 2.33 bits per heavy atom. The number of rotatable bonds is 5. The monoisotopic (exact) mass is 448 g/mol. The number of oxazole rings is 1. The minimum Gasteiger partial charge on any atom is -0.408 e. The van der Waals surface area contributed by atoms with E-state index in [-0.39, 0.29) is 22.8 Å². The van der Waals surface area contributed by atoms with E-state index in [1.54, 1.807) is 24.3 Å². The summed E-state index contributed by atoms with van der Waals surface area (Å²) in [6.45, 7) is 0.757. The zero-order valence-electron chi connectivity index (χ0n) is 16.2. The van der Waals surface area contributed by atoms with Crippen LogP contribution in [0.4, 0.5) is 0 Å². The molecule has 0 unspecified atom stereocenters. The lowest BCUT2D eigenvalue weighted by Gasteiger charge is -2.19. The Bertz CT molecular complexity index is 1240. The van der Waals surface area contributed by atoms with Gasteiger partial charge in [0.2, 0.25) is 10.0 Å². The predicted molar refractivity (Wildman–Crippen MR) is 113 cm³/mol. The maximum atomic E-state index is 13.0. The molecule has 1 aliphatic rings. The number of sulfonamides is 1. The van der Waals surface area contributed by atoms with Crippen LogP contribution < -0.4 is 5.76 Å². The van der Waals surface area contributed by atoms with Gasteiger partial charge in [0.1, 0.15) is 0 Å². The van der Waals surface area contributed by atoms with Crippen molar-refractivity contribution in [1.29, 1.82) is 0 Å². The average molecular weight is 449 g/mol. The summed E-state index contributed by atoms with van der Waals surface area (Å²) in [7, 11) is -3.67. The largest absolute Gasteiger partial charge is 0.420 e. The van der Waals surface area contributed by atoms with Gasteiger partial charge < -0.3 is 4.42 Å². The molecule has 1 aliphatic heterocycles. The summed E-state index contributed by atoms with van der Waals surface area (Å²) in [6.07, 6.45) is 3.70. The van der Waals surface area contributed by atoms with Crippen LogP contribution in [0.15, 0.2) is 56.6 Å². The molecule has 4 rings (SSSR count). The molecule has 2 heterocycles. The predicted octanol–water partition coefficient (Wildman–Crippen LogP) is 3.70. The first kappa shape index (κ1) is 20.8. The fourth-order valence-corrected chi connectivity index (χ4v) is 5.32. The lowest BCUT2D eigenvalue weighted by Crippen LogP contribution is -2.31. The molecular formula is C21H21ClN2O5S. The first-order valence-corrected chi connectivity index (χ1v) is 11.6. The maximum Gasteiger partial charge on any atom is 0.420 e. The standard InChI is InChI=1S/C21H21ClN2O5S/c22-16-7-5-15(6-8-16)19(25)14-24-18-10-9-17(13-20(18)29-21(24)26)30(27,28)23-11-3-1-2-4-12-23/h5-10,13H,1-4,11-12,14H2. The van der Waals surface area contributed by atoms with Gasteiger partial charge in [-0.2, -0.15) is 4.31 Å². The lowest BCUT2D eigenvalue weighted by atomic mass is 10.1. The molecule has 2 aromatic carbocycles. The van der Waals surface area contributed by atoms with Crippen molar-refractivity contribution >= 4 is 38.5 Å². The van der Waals surface area contributed by atoms with Crippen molar-refractivity contribution in [2.45, 2.75) is 37.1 Å². The van der Waals surface area contributed by atoms with E-state index in [1.807, 2.05) is 0 Å². The molecule has 3 aromatic rings. The summed E-state index contributed by atoms with van der Waals surface area (Å²) in [5.74, 6) is -0.991. The van der Waals surface area contributed by atoms with Crippen molar-refractivity contribution in [3.05, 3.63) is 63.6 Å². The zero-order valence-corrected chi connectivity index (χ0v) is 17.8. The van der Waals surface area contributed by atoms with Gasteiger partial charge in [-0.1, -0.05) is 24.4 Å². The highest BCUT2D eigenvalue weighted by Gasteiger charge is 2.26. The van der Waals surface area contributed by atoms with E-state index in [1.165, 1.54) is 27.1 Å². The Kier molecular flexibility index (Phi) is 5.81. The van der Waals surface area contributed by atoms with Crippen LogP contribution in [0.3, 0.4) is 0 Å². The van der Waals surface area contributed by atoms with Crippen LogP contribution >= 0.6 is 11.6 Å². The molecule has 0 bridgehead atoms. The number of carbonyl (C=O) groups is 1. The SMILES string of the molecule is O=C(Cn1c(=O)oc2cc(S(=O)(=O)N3CCCCCC3)ccc21)c1ccc(Cl)cc1. The minimum absolute atomic E-state index is 0.0850. The number of ketones is 1. The Balaban J connectivity index is 1.64. The van der Waals surface area contributed by atoms with Crippen LogP contribution in [0.5, 0.6) is 0 Å². The van der Waals surface area contributed by atoms with Crippen molar-refractivity contribution in [3.8, 4) is 0 Å². The molecular weight excluding hydrogens is 428 g/mol. The zero-order chi connectivity index (χ0) is 21.3. The third-order valence-corrected chi connectivity index (χ3v) is 7.46. The summed E-state index contributed by atoms with van der Waals surface area (Å²) in [4.78, 5) is 25.0. The van der Waals surface area contributed by atoms with Gasteiger partial charge in [0.05, 0.1) is 17.0 Å². The van der Waals surface area contributed by atoms with Crippen molar-refractivity contribution in [2.75, 3.05) is 13.1 Å². The highest BCUT2D eigenvalue weighted by atomic mass is 35.5. The third kappa shape index (κ3) is 4.08. The van der Waals surface area contributed by atoms with Crippen LogP contribution in [0, 0.1) is 0 Å². The number of halogens is 1. The van der Waals surface area contributed by atoms with Gasteiger partial charge in [-0.15, -0.1) is 0 Å². The van der Waals surface area contributed by atoms with Crippen LogP contribution in [-0.4, -0.2) is 36.2 Å². The van der Waals surface area contributed by atoms with E-state index in [0.29, 0.717) is 29.2 Å². The number of nitrogens with zero attached hydrogens (tertiary/aromatic N) is 2. The van der Waals surface area contributed by atoms with Gasteiger partial charge in [0, 0.05) is 29.7 Å². The molecule has 0 aliphatic carbocycles. The van der Waals surface area contributed by atoms with Crippen LogP contribution in [0.1, 0.15) is 36.0 Å². The van der Waals surface area contributed by atoms with Gasteiger partial charge in [-0.25, -0.2) is 13.2 Å². The Labute approximate surface area is 178 Å². The van der Waals surface area contributed by atoms with Crippen LogP contribution in [-0.2, 0) is 16.6 Å². The summed E-state index contributed by atoms with van der Waals surface area (Å²) < 4.78 is 33.9. The van der Waals surface area contributed by atoms with E-state index >= 15 is 0 Å². The van der Waals surface area contributed by atoms with E-state index in [0.717, 1.165) is 25.7 Å². The second-order valence-corrected chi connectivity index (χ2v) is 9.71. The first-order chi connectivity index (χ1) is 14.4. The summed E-state index contributed by atoms with van der Waals surface area (Å²) in [5, 5.41) is 0.510. The third-order valence-electron chi connectivity index (χ3n) is 5.31. The van der Waals surface area contributed by atoms with E-state index < -0.39 is 15.8 Å². The van der Waals surface area contributed by atoms with E-state index in [4.69, 9.17) is 16.0 Å². The fraction of sp³-hybridized carbons (Fsp3) is 0.333. The van der Waals surface area contributed by atoms with Crippen molar-refractivity contribution in [2.24, 2.45) is 0 Å². The number of hydrogen-bond donors (Lipinski definition) is 0. The number of Topliss-reactive ketones (excluding diaryl/α,β-unsaturated/α-hetero) is 1. The molecule has 30 heavy (non-hydrogen) atoms.